The number of aromatic nitrogens is 2. The van der Waals surface area contributed by atoms with Crippen LogP contribution in [0.25, 0.3) is 11.0 Å². The Labute approximate surface area is 100.0 Å². The quantitative estimate of drug-likeness (QED) is 0.801. The van der Waals surface area contributed by atoms with Gasteiger partial charge in [0.25, 0.3) is 0 Å². The third kappa shape index (κ3) is 2.36. The zero-order valence-corrected chi connectivity index (χ0v) is 10.5. The molecule has 0 saturated carbocycles. The molecule has 0 radical (unpaired) electrons. The zero-order valence-electron chi connectivity index (χ0n) is 9.70. The summed E-state index contributed by atoms with van der Waals surface area (Å²) in [4.78, 5) is 4.26. The fourth-order valence-corrected chi connectivity index (χ4v) is 1.66. The lowest BCUT2D eigenvalue weighted by molar-refractivity contribution is -0.0416. The van der Waals surface area contributed by atoms with Crippen molar-refractivity contribution in [2.45, 2.75) is 33.1 Å². The minimum absolute atomic E-state index is 0.186. The van der Waals surface area contributed by atoms with E-state index in [1.807, 2.05) is 49.6 Å². The van der Waals surface area contributed by atoms with Crippen LogP contribution in [-0.4, -0.2) is 15.2 Å². The summed E-state index contributed by atoms with van der Waals surface area (Å²) in [7, 11) is 0. The van der Waals surface area contributed by atoms with Crippen LogP contribution in [0.4, 0.5) is 0 Å². The molecule has 0 aliphatic heterocycles. The topological polar surface area (TPSA) is 27.1 Å². The predicted octanol–water partition coefficient (Wildman–Crippen LogP) is 3.46. The number of fused-ring (bicyclic) bond motifs is 1. The van der Waals surface area contributed by atoms with Gasteiger partial charge >= 0.3 is 0 Å². The molecule has 0 fully saturated rings. The molecule has 1 heterocycles. The van der Waals surface area contributed by atoms with Crippen molar-refractivity contribution >= 4 is 22.6 Å². The highest BCUT2D eigenvalue weighted by Gasteiger charge is 2.13. The number of nitrogens with zero attached hydrogens (tertiary/aromatic N) is 2. The average Bonchev–Trinajstić information content (AvgIpc) is 2.49. The normalized spacial score (nSPS) is 12.2. The van der Waals surface area contributed by atoms with Gasteiger partial charge in [-0.1, -0.05) is 12.1 Å². The molecule has 0 bridgehead atoms. The highest BCUT2D eigenvalue weighted by atomic mass is 35.5. The first kappa shape index (κ1) is 11.4. The molecule has 2 rings (SSSR count). The number of rotatable bonds is 2. The van der Waals surface area contributed by atoms with E-state index in [2.05, 4.69) is 4.98 Å². The van der Waals surface area contributed by atoms with Crippen molar-refractivity contribution < 1.29 is 4.74 Å². The largest absolute Gasteiger partial charge is 0.355 e. The number of hydrogen-bond donors (Lipinski definition) is 0. The molecule has 0 aliphatic carbocycles. The van der Waals surface area contributed by atoms with E-state index in [0.29, 0.717) is 12.0 Å². The van der Waals surface area contributed by atoms with Crippen LogP contribution in [0.15, 0.2) is 24.3 Å². The van der Waals surface area contributed by atoms with Crippen molar-refractivity contribution in [3.63, 3.8) is 0 Å². The molecule has 86 valence electrons. The van der Waals surface area contributed by atoms with Crippen molar-refractivity contribution in [3.8, 4) is 0 Å². The van der Waals surface area contributed by atoms with Gasteiger partial charge in [0, 0.05) is 0 Å². The molecule has 0 atom stereocenters. The monoisotopic (exact) mass is 238 g/mol. The summed E-state index contributed by atoms with van der Waals surface area (Å²) >= 11 is 6.07. The van der Waals surface area contributed by atoms with Crippen LogP contribution in [0.1, 0.15) is 20.8 Å². The number of ether oxygens (including phenoxy) is 1. The molecule has 0 aliphatic rings. The first-order valence-corrected chi connectivity index (χ1v) is 5.60. The van der Waals surface area contributed by atoms with E-state index in [-0.39, 0.29) is 5.60 Å². The lowest BCUT2D eigenvalue weighted by atomic mass is 10.2. The van der Waals surface area contributed by atoms with Crippen molar-refractivity contribution in [1.29, 1.82) is 0 Å². The number of para-hydroxylation sites is 2. The maximum atomic E-state index is 6.07. The van der Waals surface area contributed by atoms with E-state index in [1.54, 1.807) is 0 Å². The fourth-order valence-electron chi connectivity index (χ4n) is 1.43. The lowest BCUT2D eigenvalue weighted by Gasteiger charge is -2.20. The molecule has 0 N–H and O–H groups in total. The Morgan fingerprint density at radius 2 is 2.00 bits per heavy atom. The van der Waals surface area contributed by atoms with Crippen molar-refractivity contribution in [1.82, 2.24) is 9.55 Å². The summed E-state index contributed by atoms with van der Waals surface area (Å²) in [6.07, 6.45) is 0. The summed E-state index contributed by atoms with van der Waals surface area (Å²) < 4.78 is 7.56. The first-order chi connectivity index (χ1) is 7.47. The molecular weight excluding hydrogens is 224 g/mol. The fraction of sp³-hybridized carbons (Fsp3) is 0.417. The van der Waals surface area contributed by atoms with Crippen LogP contribution >= 0.6 is 11.6 Å². The summed E-state index contributed by atoms with van der Waals surface area (Å²) in [5, 5.41) is 0.463. The SMILES string of the molecule is CC(C)(C)OCn1c(Cl)nc2ccccc21. The summed E-state index contributed by atoms with van der Waals surface area (Å²) in [6.45, 7) is 6.46. The molecule has 1 aromatic carbocycles. The number of hydrogen-bond acceptors (Lipinski definition) is 2. The van der Waals surface area contributed by atoms with Gasteiger partial charge in [-0.2, -0.15) is 0 Å². The second kappa shape index (κ2) is 4.07. The maximum absolute atomic E-state index is 6.07. The lowest BCUT2D eigenvalue weighted by Crippen LogP contribution is -2.21. The predicted molar refractivity (Wildman–Crippen MR) is 65.6 cm³/mol. The average molecular weight is 239 g/mol. The standard InChI is InChI=1S/C12H15ClN2O/c1-12(2,3)16-8-15-10-7-5-4-6-9(10)14-11(15)13/h4-7H,8H2,1-3H3. The third-order valence-electron chi connectivity index (χ3n) is 2.23. The Balaban J connectivity index is 2.33. The van der Waals surface area contributed by atoms with E-state index in [0.717, 1.165) is 11.0 Å². The summed E-state index contributed by atoms with van der Waals surface area (Å²) in [5.41, 5.74) is 1.70. The second-order valence-corrected chi connectivity index (χ2v) is 5.02. The smallest absolute Gasteiger partial charge is 0.205 e. The minimum atomic E-state index is -0.186. The van der Waals surface area contributed by atoms with Gasteiger partial charge in [-0.15, -0.1) is 0 Å². The molecule has 0 unspecified atom stereocenters. The Bertz CT molecular complexity index is 499. The van der Waals surface area contributed by atoms with Crippen molar-refractivity contribution in [2.75, 3.05) is 0 Å². The molecule has 0 saturated heterocycles. The van der Waals surface area contributed by atoms with E-state index in [1.165, 1.54) is 0 Å². The Morgan fingerprint density at radius 1 is 1.31 bits per heavy atom. The van der Waals surface area contributed by atoms with Crippen molar-refractivity contribution in [3.05, 3.63) is 29.5 Å². The molecule has 3 nitrogen and oxygen atoms in total. The molecule has 4 heteroatoms. The van der Waals surface area contributed by atoms with Crippen LogP contribution < -0.4 is 0 Å². The van der Waals surface area contributed by atoms with Gasteiger partial charge in [-0.3, -0.25) is 4.57 Å². The van der Waals surface area contributed by atoms with Gasteiger partial charge in [0.05, 0.1) is 16.6 Å². The zero-order chi connectivity index (χ0) is 11.8. The second-order valence-electron chi connectivity index (χ2n) is 4.68. The molecule has 16 heavy (non-hydrogen) atoms. The Kier molecular flexibility index (Phi) is 2.91. The third-order valence-corrected chi connectivity index (χ3v) is 2.52. The van der Waals surface area contributed by atoms with Crippen molar-refractivity contribution in [2.24, 2.45) is 0 Å². The van der Waals surface area contributed by atoms with Crippen LogP contribution in [-0.2, 0) is 11.5 Å². The molecule has 1 aromatic heterocycles. The molecule has 2 aromatic rings. The molecular formula is C12H15ClN2O. The van der Waals surface area contributed by atoms with Crippen LogP contribution in [0.5, 0.6) is 0 Å². The van der Waals surface area contributed by atoms with Crippen LogP contribution in [0, 0.1) is 0 Å². The number of imidazole rings is 1. The molecule has 0 spiro atoms. The highest BCUT2D eigenvalue weighted by molar-refractivity contribution is 6.29. The summed E-state index contributed by atoms with van der Waals surface area (Å²) in [6, 6.07) is 7.84. The summed E-state index contributed by atoms with van der Waals surface area (Å²) in [5.74, 6) is 0. The number of benzene rings is 1. The van der Waals surface area contributed by atoms with E-state index < -0.39 is 0 Å². The minimum Gasteiger partial charge on any atom is -0.355 e. The Morgan fingerprint density at radius 3 is 2.69 bits per heavy atom. The Hall–Kier alpha value is -1.06. The van der Waals surface area contributed by atoms with E-state index in [9.17, 15) is 0 Å². The van der Waals surface area contributed by atoms with Crippen LogP contribution in [0.3, 0.4) is 0 Å². The van der Waals surface area contributed by atoms with Gasteiger partial charge in [-0.05, 0) is 44.5 Å². The van der Waals surface area contributed by atoms with E-state index in [4.69, 9.17) is 16.3 Å². The van der Waals surface area contributed by atoms with E-state index >= 15 is 0 Å². The molecule has 0 amide bonds. The highest BCUT2D eigenvalue weighted by Crippen LogP contribution is 2.20. The number of halogens is 1. The van der Waals surface area contributed by atoms with Gasteiger partial charge in [0.15, 0.2) is 0 Å². The maximum Gasteiger partial charge on any atom is 0.205 e. The first-order valence-electron chi connectivity index (χ1n) is 5.22. The van der Waals surface area contributed by atoms with Gasteiger partial charge < -0.3 is 4.74 Å². The van der Waals surface area contributed by atoms with Crippen LogP contribution in [0.2, 0.25) is 5.28 Å². The van der Waals surface area contributed by atoms with Gasteiger partial charge in [0.2, 0.25) is 5.28 Å². The van der Waals surface area contributed by atoms with Gasteiger partial charge in [0.1, 0.15) is 6.73 Å². The van der Waals surface area contributed by atoms with Gasteiger partial charge in [-0.25, -0.2) is 4.98 Å².